The van der Waals surface area contributed by atoms with E-state index in [1.807, 2.05) is 12.1 Å². The molecule has 6 nitrogen and oxygen atoms in total. The number of halogens is 1. The fraction of sp³-hybridized carbons (Fsp3) is 0.611. The highest BCUT2D eigenvalue weighted by molar-refractivity contribution is 14.0. The summed E-state index contributed by atoms with van der Waals surface area (Å²) < 4.78 is 22.9. The Morgan fingerprint density at radius 1 is 1.19 bits per heavy atom. The molecular weight excluding hydrogens is 463 g/mol. The predicted molar refractivity (Wildman–Crippen MR) is 118 cm³/mol. The van der Waals surface area contributed by atoms with Crippen molar-refractivity contribution in [3.05, 3.63) is 29.8 Å². The van der Waals surface area contributed by atoms with Gasteiger partial charge in [-0.05, 0) is 43.5 Å². The Balaban J connectivity index is 0.00000338. The monoisotopic (exact) mass is 494 g/mol. The maximum Gasteiger partial charge on any atom is 0.191 e. The summed E-state index contributed by atoms with van der Waals surface area (Å²) in [6.45, 7) is 5.97. The standard InChI is InChI=1S/C18H30N4O2S.HI/c1-4-22(16-7-8-16)14-13-21-18(19-2)20-12-11-15-5-9-17(10-6-15)25(3,23)24;/h5-6,9-10,16H,4,7-8,11-14H2,1-3H3,(H2,19,20,21);1H. The van der Waals surface area contributed by atoms with Crippen LogP contribution in [0, 0.1) is 0 Å². The molecule has 0 unspecified atom stereocenters. The summed E-state index contributed by atoms with van der Waals surface area (Å²) >= 11 is 0. The van der Waals surface area contributed by atoms with Crippen LogP contribution in [0.2, 0.25) is 0 Å². The van der Waals surface area contributed by atoms with Crippen LogP contribution in [0.4, 0.5) is 0 Å². The van der Waals surface area contributed by atoms with Gasteiger partial charge in [0.25, 0.3) is 0 Å². The Bertz CT molecular complexity index is 673. The second kappa shape index (κ2) is 11.1. The van der Waals surface area contributed by atoms with Crippen LogP contribution in [-0.4, -0.2) is 64.8 Å². The minimum absolute atomic E-state index is 0. The quantitative estimate of drug-likeness (QED) is 0.312. The van der Waals surface area contributed by atoms with Gasteiger partial charge in [-0.15, -0.1) is 24.0 Å². The highest BCUT2D eigenvalue weighted by Crippen LogP contribution is 2.25. The summed E-state index contributed by atoms with van der Waals surface area (Å²) in [6.07, 6.45) is 4.70. The van der Waals surface area contributed by atoms with E-state index in [1.54, 1.807) is 19.2 Å². The van der Waals surface area contributed by atoms with Gasteiger partial charge in [0, 0.05) is 39.0 Å². The number of guanidine groups is 1. The van der Waals surface area contributed by atoms with Gasteiger partial charge in [-0.1, -0.05) is 19.1 Å². The van der Waals surface area contributed by atoms with Gasteiger partial charge >= 0.3 is 0 Å². The first-order chi connectivity index (χ1) is 11.9. The van der Waals surface area contributed by atoms with Crippen LogP contribution >= 0.6 is 24.0 Å². The minimum Gasteiger partial charge on any atom is -0.356 e. The molecule has 1 aliphatic rings. The summed E-state index contributed by atoms with van der Waals surface area (Å²) in [6, 6.07) is 7.84. The second-order valence-electron chi connectivity index (χ2n) is 6.45. The Hall–Kier alpha value is -0.870. The minimum atomic E-state index is -3.13. The fourth-order valence-corrected chi connectivity index (χ4v) is 3.44. The largest absolute Gasteiger partial charge is 0.356 e. The molecule has 0 saturated heterocycles. The average Bonchev–Trinajstić information content (AvgIpc) is 3.41. The molecule has 0 heterocycles. The third-order valence-corrected chi connectivity index (χ3v) is 5.57. The molecule has 0 aromatic heterocycles. The zero-order valence-corrected chi connectivity index (χ0v) is 19.0. The van der Waals surface area contributed by atoms with Crippen molar-refractivity contribution in [2.24, 2.45) is 4.99 Å². The van der Waals surface area contributed by atoms with Gasteiger partial charge in [-0.3, -0.25) is 9.89 Å². The van der Waals surface area contributed by atoms with Crippen molar-refractivity contribution in [3.8, 4) is 0 Å². The molecule has 0 spiro atoms. The van der Waals surface area contributed by atoms with Crippen molar-refractivity contribution < 1.29 is 8.42 Å². The SMILES string of the molecule is CCN(CCNC(=NC)NCCc1ccc(S(C)(=O)=O)cc1)C1CC1.I. The van der Waals surface area contributed by atoms with Gasteiger partial charge in [-0.2, -0.15) is 0 Å². The maximum absolute atomic E-state index is 11.5. The van der Waals surface area contributed by atoms with Crippen LogP contribution in [-0.2, 0) is 16.3 Å². The van der Waals surface area contributed by atoms with Gasteiger partial charge < -0.3 is 10.6 Å². The van der Waals surface area contributed by atoms with Crippen LogP contribution in [0.3, 0.4) is 0 Å². The van der Waals surface area contributed by atoms with Gasteiger partial charge in [0.2, 0.25) is 0 Å². The summed E-state index contributed by atoms with van der Waals surface area (Å²) in [5, 5.41) is 6.65. The number of hydrogen-bond acceptors (Lipinski definition) is 4. The summed E-state index contributed by atoms with van der Waals surface area (Å²) in [5.74, 6) is 0.805. The van der Waals surface area contributed by atoms with E-state index >= 15 is 0 Å². The number of aliphatic imine (C=N–C) groups is 1. The molecule has 1 saturated carbocycles. The third kappa shape index (κ3) is 7.79. The molecule has 2 rings (SSSR count). The van der Waals surface area contributed by atoms with Crippen LogP contribution in [0.5, 0.6) is 0 Å². The Labute approximate surface area is 174 Å². The maximum atomic E-state index is 11.5. The normalized spacial score (nSPS) is 14.8. The molecular formula is C18H31IN4O2S. The van der Waals surface area contributed by atoms with Crippen molar-refractivity contribution in [3.63, 3.8) is 0 Å². The molecule has 1 aromatic rings. The van der Waals surface area contributed by atoms with Crippen molar-refractivity contribution in [1.82, 2.24) is 15.5 Å². The van der Waals surface area contributed by atoms with E-state index in [-0.39, 0.29) is 24.0 Å². The number of benzene rings is 1. The molecule has 0 bridgehead atoms. The number of likely N-dealkylation sites (N-methyl/N-ethyl adjacent to an activating group) is 1. The average molecular weight is 494 g/mol. The van der Waals surface area contributed by atoms with Crippen LogP contribution in [0.15, 0.2) is 34.2 Å². The van der Waals surface area contributed by atoms with Crippen molar-refractivity contribution in [1.29, 1.82) is 0 Å². The summed E-state index contributed by atoms with van der Waals surface area (Å²) in [4.78, 5) is 7.11. The predicted octanol–water partition coefficient (Wildman–Crippen LogP) is 1.90. The molecule has 1 aliphatic carbocycles. The number of nitrogens with zero attached hydrogens (tertiary/aromatic N) is 2. The van der Waals surface area contributed by atoms with Crippen molar-refractivity contribution >= 4 is 39.8 Å². The first kappa shape index (κ1) is 23.2. The fourth-order valence-electron chi connectivity index (χ4n) is 2.81. The lowest BCUT2D eigenvalue weighted by atomic mass is 10.1. The topological polar surface area (TPSA) is 73.8 Å². The van der Waals surface area contributed by atoms with Crippen molar-refractivity contribution in [2.75, 3.05) is 39.5 Å². The van der Waals surface area contributed by atoms with Gasteiger partial charge in [0.05, 0.1) is 4.90 Å². The van der Waals surface area contributed by atoms with E-state index in [9.17, 15) is 8.42 Å². The third-order valence-electron chi connectivity index (χ3n) is 4.44. The summed E-state index contributed by atoms with van der Waals surface area (Å²) in [7, 11) is -1.36. The van der Waals surface area contributed by atoms with E-state index in [4.69, 9.17) is 0 Å². The van der Waals surface area contributed by atoms with Crippen LogP contribution in [0.1, 0.15) is 25.3 Å². The summed E-state index contributed by atoms with van der Waals surface area (Å²) in [5.41, 5.74) is 1.10. The number of sulfone groups is 1. The lowest BCUT2D eigenvalue weighted by Gasteiger charge is -2.20. The number of nitrogens with one attached hydrogen (secondary N) is 2. The first-order valence-electron chi connectivity index (χ1n) is 8.91. The van der Waals surface area contributed by atoms with Gasteiger partial charge in [0.1, 0.15) is 0 Å². The Morgan fingerprint density at radius 2 is 1.81 bits per heavy atom. The number of rotatable bonds is 9. The molecule has 0 amide bonds. The number of hydrogen-bond donors (Lipinski definition) is 2. The van der Waals surface area contributed by atoms with E-state index in [2.05, 4.69) is 27.4 Å². The van der Waals surface area contributed by atoms with Crippen LogP contribution < -0.4 is 10.6 Å². The van der Waals surface area contributed by atoms with E-state index in [0.29, 0.717) is 4.90 Å². The van der Waals surface area contributed by atoms with E-state index < -0.39 is 9.84 Å². The lowest BCUT2D eigenvalue weighted by molar-refractivity contribution is 0.282. The van der Waals surface area contributed by atoms with Gasteiger partial charge in [-0.25, -0.2) is 8.42 Å². The molecule has 1 fully saturated rings. The van der Waals surface area contributed by atoms with E-state index in [1.165, 1.54) is 19.1 Å². The molecule has 8 heteroatoms. The molecule has 1 aromatic carbocycles. The Kier molecular flexibility index (Phi) is 9.88. The molecule has 2 N–H and O–H groups in total. The highest BCUT2D eigenvalue weighted by atomic mass is 127. The second-order valence-corrected chi connectivity index (χ2v) is 8.47. The van der Waals surface area contributed by atoms with Crippen LogP contribution in [0.25, 0.3) is 0 Å². The first-order valence-corrected chi connectivity index (χ1v) is 10.8. The molecule has 0 aliphatic heterocycles. The molecule has 148 valence electrons. The lowest BCUT2D eigenvalue weighted by Crippen LogP contribution is -2.42. The molecule has 0 atom stereocenters. The zero-order valence-electron chi connectivity index (χ0n) is 15.9. The molecule has 26 heavy (non-hydrogen) atoms. The van der Waals surface area contributed by atoms with Gasteiger partial charge in [0.15, 0.2) is 15.8 Å². The Morgan fingerprint density at radius 3 is 2.31 bits per heavy atom. The zero-order chi connectivity index (χ0) is 18.3. The highest BCUT2D eigenvalue weighted by Gasteiger charge is 2.27. The van der Waals surface area contributed by atoms with E-state index in [0.717, 1.165) is 50.2 Å². The smallest absolute Gasteiger partial charge is 0.191 e. The van der Waals surface area contributed by atoms with Crippen molar-refractivity contribution in [2.45, 2.75) is 37.1 Å². The molecule has 0 radical (unpaired) electrons.